The molecule has 0 unspecified atom stereocenters. The predicted octanol–water partition coefficient (Wildman–Crippen LogP) is 3.29. The number of amides is 1. The molecule has 1 amide bonds. The quantitative estimate of drug-likeness (QED) is 0.939. The molecule has 1 heterocycles. The topological polar surface area (TPSA) is 65.2 Å². The number of halogens is 1. The average molecular weight is 291 g/mol. The number of hydrogen-bond donors (Lipinski definition) is 1. The average Bonchev–Trinajstić information content (AvgIpc) is 2.37. The van der Waals surface area contributed by atoms with Gasteiger partial charge in [-0.1, -0.05) is 17.7 Å². The molecule has 104 valence electrons. The summed E-state index contributed by atoms with van der Waals surface area (Å²) in [6.45, 7) is 3.77. The predicted molar refractivity (Wildman–Crippen MR) is 79.0 cm³/mol. The Hall–Kier alpha value is -2.07. The van der Waals surface area contributed by atoms with Gasteiger partial charge in [-0.3, -0.25) is 9.78 Å². The first-order chi connectivity index (χ1) is 9.47. The summed E-state index contributed by atoms with van der Waals surface area (Å²) in [5, 5.41) is 0.549. The van der Waals surface area contributed by atoms with Gasteiger partial charge in [-0.2, -0.15) is 0 Å². The summed E-state index contributed by atoms with van der Waals surface area (Å²) in [5.41, 5.74) is 7.42. The molecular formula is C15H15ClN2O2. The van der Waals surface area contributed by atoms with Crippen LogP contribution in [0.3, 0.4) is 0 Å². The van der Waals surface area contributed by atoms with Gasteiger partial charge < -0.3 is 10.5 Å². The molecule has 5 heteroatoms. The van der Waals surface area contributed by atoms with Gasteiger partial charge in [-0.05, 0) is 37.6 Å². The van der Waals surface area contributed by atoms with Gasteiger partial charge in [-0.25, -0.2) is 0 Å². The number of benzene rings is 1. The molecule has 20 heavy (non-hydrogen) atoms. The Labute approximate surface area is 122 Å². The number of hydrogen-bond acceptors (Lipinski definition) is 3. The molecule has 0 aliphatic carbocycles. The number of nitrogens with two attached hydrogens (primary N) is 1. The van der Waals surface area contributed by atoms with E-state index >= 15 is 0 Å². The van der Waals surface area contributed by atoms with E-state index in [0.29, 0.717) is 16.3 Å². The van der Waals surface area contributed by atoms with E-state index in [1.54, 1.807) is 36.7 Å². The van der Waals surface area contributed by atoms with Crippen LogP contribution in [-0.2, 0) is 0 Å². The van der Waals surface area contributed by atoms with E-state index in [2.05, 4.69) is 4.98 Å². The number of carbonyl (C=O) groups is 1. The van der Waals surface area contributed by atoms with Gasteiger partial charge in [0.15, 0.2) is 0 Å². The number of nitrogens with zero attached hydrogens (tertiary/aromatic N) is 1. The summed E-state index contributed by atoms with van der Waals surface area (Å²) in [7, 11) is 0. The van der Waals surface area contributed by atoms with Crippen LogP contribution in [0.15, 0.2) is 36.7 Å². The van der Waals surface area contributed by atoms with Crippen LogP contribution in [0.2, 0.25) is 5.02 Å². The Bertz CT molecular complexity index is 642. The standard InChI is InChI=1S/C15H15ClN2O2/c1-9(2)20-14-6-10(3-4-13(14)15(17)19)11-5-12(16)8-18-7-11/h3-9H,1-2H3,(H2,17,19). The van der Waals surface area contributed by atoms with Gasteiger partial charge in [-0.15, -0.1) is 0 Å². The normalized spacial score (nSPS) is 10.6. The van der Waals surface area contributed by atoms with Gasteiger partial charge >= 0.3 is 0 Å². The molecule has 0 spiro atoms. The minimum atomic E-state index is -0.517. The number of ether oxygens (including phenoxy) is 1. The highest BCUT2D eigenvalue weighted by Gasteiger charge is 2.12. The second-order valence-electron chi connectivity index (χ2n) is 4.63. The van der Waals surface area contributed by atoms with Crippen LogP contribution >= 0.6 is 11.6 Å². The zero-order chi connectivity index (χ0) is 14.7. The van der Waals surface area contributed by atoms with Gasteiger partial charge in [0.1, 0.15) is 5.75 Å². The van der Waals surface area contributed by atoms with E-state index in [-0.39, 0.29) is 6.10 Å². The van der Waals surface area contributed by atoms with E-state index in [4.69, 9.17) is 22.1 Å². The highest BCUT2D eigenvalue weighted by molar-refractivity contribution is 6.30. The highest BCUT2D eigenvalue weighted by Crippen LogP contribution is 2.28. The van der Waals surface area contributed by atoms with Crippen LogP contribution in [0.5, 0.6) is 5.75 Å². The molecule has 0 aliphatic heterocycles. The summed E-state index contributed by atoms with van der Waals surface area (Å²) < 4.78 is 5.64. The van der Waals surface area contributed by atoms with E-state index in [1.807, 2.05) is 13.8 Å². The maximum atomic E-state index is 11.4. The van der Waals surface area contributed by atoms with Gasteiger partial charge in [0, 0.05) is 18.0 Å². The molecule has 0 fully saturated rings. The van der Waals surface area contributed by atoms with E-state index in [9.17, 15) is 4.79 Å². The van der Waals surface area contributed by atoms with Crippen molar-refractivity contribution >= 4 is 17.5 Å². The fourth-order valence-electron chi connectivity index (χ4n) is 1.83. The third-order valence-electron chi connectivity index (χ3n) is 2.65. The largest absolute Gasteiger partial charge is 0.490 e. The van der Waals surface area contributed by atoms with Crippen LogP contribution in [0.4, 0.5) is 0 Å². The van der Waals surface area contributed by atoms with Crippen molar-refractivity contribution < 1.29 is 9.53 Å². The highest BCUT2D eigenvalue weighted by atomic mass is 35.5. The Balaban J connectivity index is 2.48. The first kappa shape index (κ1) is 14.3. The van der Waals surface area contributed by atoms with E-state index < -0.39 is 5.91 Å². The molecule has 1 aromatic carbocycles. The Morgan fingerprint density at radius 2 is 2.00 bits per heavy atom. The van der Waals surface area contributed by atoms with E-state index in [1.165, 1.54) is 0 Å². The van der Waals surface area contributed by atoms with Gasteiger partial charge in [0.05, 0.1) is 16.7 Å². The maximum Gasteiger partial charge on any atom is 0.252 e. The number of carbonyl (C=O) groups excluding carboxylic acids is 1. The summed E-state index contributed by atoms with van der Waals surface area (Å²) in [6, 6.07) is 7.01. The third kappa shape index (κ3) is 3.27. The van der Waals surface area contributed by atoms with Crippen LogP contribution < -0.4 is 10.5 Å². The molecule has 2 aromatic rings. The SMILES string of the molecule is CC(C)Oc1cc(-c2cncc(Cl)c2)ccc1C(N)=O. The maximum absolute atomic E-state index is 11.4. The van der Waals surface area contributed by atoms with Crippen molar-refractivity contribution in [3.05, 3.63) is 47.2 Å². The molecule has 0 saturated heterocycles. The summed E-state index contributed by atoms with van der Waals surface area (Å²) in [4.78, 5) is 15.5. The number of rotatable bonds is 4. The zero-order valence-corrected chi connectivity index (χ0v) is 12.0. The molecule has 1 aromatic heterocycles. The molecule has 0 saturated carbocycles. The fourth-order valence-corrected chi connectivity index (χ4v) is 2.00. The number of aromatic nitrogens is 1. The minimum Gasteiger partial charge on any atom is -0.490 e. The molecule has 0 bridgehead atoms. The van der Waals surface area contributed by atoms with Crippen molar-refractivity contribution in [2.45, 2.75) is 20.0 Å². The molecular weight excluding hydrogens is 276 g/mol. The molecule has 0 atom stereocenters. The lowest BCUT2D eigenvalue weighted by Gasteiger charge is -2.14. The molecule has 2 N–H and O–H groups in total. The first-order valence-corrected chi connectivity index (χ1v) is 6.56. The van der Waals surface area contributed by atoms with Crippen molar-refractivity contribution in [3.8, 4) is 16.9 Å². The van der Waals surface area contributed by atoms with E-state index in [0.717, 1.165) is 11.1 Å². The third-order valence-corrected chi connectivity index (χ3v) is 2.85. The van der Waals surface area contributed by atoms with Crippen LogP contribution in [0, 0.1) is 0 Å². The van der Waals surface area contributed by atoms with Crippen molar-refractivity contribution in [2.75, 3.05) is 0 Å². The first-order valence-electron chi connectivity index (χ1n) is 6.19. The number of primary amides is 1. The molecule has 0 radical (unpaired) electrons. The lowest BCUT2D eigenvalue weighted by atomic mass is 10.0. The van der Waals surface area contributed by atoms with Crippen molar-refractivity contribution in [1.82, 2.24) is 4.98 Å². The van der Waals surface area contributed by atoms with Gasteiger partial charge in [0.25, 0.3) is 5.91 Å². The molecule has 0 aliphatic rings. The smallest absolute Gasteiger partial charge is 0.252 e. The van der Waals surface area contributed by atoms with Crippen molar-refractivity contribution in [3.63, 3.8) is 0 Å². The van der Waals surface area contributed by atoms with Crippen molar-refractivity contribution in [1.29, 1.82) is 0 Å². The minimum absolute atomic E-state index is 0.0548. The summed E-state index contributed by atoms with van der Waals surface area (Å²) in [6.07, 6.45) is 3.21. The summed E-state index contributed by atoms with van der Waals surface area (Å²) >= 11 is 5.93. The zero-order valence-electron chi connectivity index (χ0n) is 11.3. The lowest BCUT2D eigenvalue weighted by molar-refractivity contribution is 0.0994. The Kier molecular flexibility index (Phi) is 4.25. The molecule has 2 rings (SSSR count). The summed E-state index contributed by atoms with van der Waals surface area (Å²) in [5.74, 6) is -0.0543. The Morgan fingerprint density at radius 3 is 2.60 bits per heavy atom. The fraction of sp³-hybridized carbons (Fsp3) is 0.200. The Morgan fingerprint density at radius 1 is 1.25 bits per heavy atom. The second kappa shape index (κ2) is 5.92. The number of pyridine rings is 1. The monoisotopic (exact) mass is 290 g/mol. The second-order valence-corrected chi connectivity index (χ2v) is 5.07. The van der Waals surface area contributed by atoms with Crippen LogP contribution in [0.25, 0.3) is 11.1 Å². The molecule has 4 nitrogen and oxygen atoms in total. The van der Waals surface area contributed by atoms with Crippen LogP contribution in [0.1, 0.15) is 24.2 Å². The van der Waals surface area contributed by atoms with Crippen LogP contribution in [-0.4, -0.2) is 17.0 Å². The lowest BCUT2D eigenvalue weighted by Crippen LogP contribution is -2.15. The van der Waals surface area contributed by atoms with Gasteiger partial charge in [0.2, 0.25) is 0 Å². The van der Waals surface area contributed by atoms with Crippen molar-refractivity contribution in [2.24, 2.45) is 5.73 Å².